The number of aromatic nitrogens is 1. The predicted octanol–water partition coefficient (Wildman–Crippen LogP) is 5.11. The molecule has 5 atom stereocenters. The van der Waals surface area contributed by atoms with Crippen molar-refractivity contribution in [2.24, 2.45) is 11.8 Å². The number of pyridine rings is 1. The molecule has 2 aromatic carbocycles. The summed E-state index contributed by atoms with van der Waals surface area (Å²) in [6.07, 6.45) is 6.18. The fraction of sp³-hybridized carbons (Fsp3) is 0.346. The van der Waals surface area contributed by atoms with Crippen LogP contribution < -0.4 is 0 Å². The molecule has 3 saturated heterocycles. The molecule has 4 heterocycles. The van der Waals surface area contributed by atoms with Crippen molar-refractivity contribution in [1.29, 1.82) is 0 Å². The van der Waals surface area contributed by atoms with Crippen LogP contribution in [0, 0.1) is 11.8 Å². The maximum atomic E-state index is 12.4. The van der Waals surface area contributed by atoms with Gasteiger partial charge in [0.15, 0.2) is 0 Å². The Morgan fingerprint density at radius 2 is 1.93 bits per heavy atom. The molecule has 1 N–H and O–H groups in total. The number of piperidine rings is 3. The highest BCUT2D eigenvalue weighted by Gasteiger charge is 2.49. The van der Waals surface area contributed by atoms with Gasteiger partial charge in [0.25, 0.3) is 0 Å². The number of para-hydroxylation sites is 1. The summed E-state index contributed by atoms with van der Waals surface area (Å²) in [6, 6.07) is 20.7. The van der Waals surface area contributed by atoms with Crippen molar-refractivity contribution >= 4 is 22.7 Å². The van der Waals surface area contributed by atoms with Gasteiger partial charge in [-0.05, 0) is 61.1 Å². The van der Waals surface area contributed by atoms with E-state index < -0.39 is 5.60 Å². The van der Waals surface area contributed by atoms with E-state index in [1.807, 2.05) is 36.5 Å². The Hall–Kier alpha value is -2.14. The minimum Gasteiger partial charge on any atom is -0.383 e. The number of rotatable bonds is 6. The molecule has 0 radical (unpaired) electrons. The third-order valence-corrected chi connectivity index (χ3v) is 8.17. The van der Waals surface area contributed by atoms with Gasteiger partial charge in [-0.2, -0.15) is 0 Å². The van der Waals surface area contributed by atoms with Gasteiger partial charge in [0.05, 0.1) is 5.52 Å². The van der Waals surface area contributed by atoms with Gasteiger partial charge >= 0.3 is 0 Å². The first-order valence-electron chi connectivity index (χ1n) is 10.8. The molecule has 0 aliphatic carbocycles. The molecular weight excluding hydrogens is 388 g/mol. The molecule has 30 heavy (non-hydrogen) atoms. The predicted molar refractivity (Wildman–Crippen MR) is 125 cm³/mol. The number of nitrogens with zero attached hydrogens (tertiary/aromatic N) is 2. The highest BCUT2D eigenvalue weighted by molar-refractivity contribution is 7.99. The topological polar surface area (TPSA) is 36.4 Å². The molecule has 1 unspecified atom stereocenters. The minimum absolute atomic E-state index is 0.106. The summed E-state index contributed by atoms with van der Waals surface area (Å²) in [5.74, 6) is 1.77. The van der Waals surface area contributed by atoms with E-state index in [4.69, 9.17) is 0 Å². The van der Waals surface area contributed by atoms with Crippen LogP contribution in [0.2, 0.25) is 0 Å². The number of thioether (sulfide) groups is 1. The fourth-order valence-corrected chi connectivity index (χ4v) is 6.45. The first-order valence-corrected chi connectivity index (χ1v) is 11.8. The van der Waals surface area contributed by atoms with E-state index in [1.54, 1.807) is 11.8 Å². The molecule has 6 rings (SSSR count). The third kappa shape index (κ3) is 3.47. The van der Waals surface area contributed by atoms with Crippen molar-refractivity contribution < 1.29 is 5.11 Å². The lowest BCUT2D eigenvalue weighted by Gasteiger charge is -2.54. The summed E-state index contributed by atoms with van der Waals surface area (Å²) in [6.45, 7) is 6.12. The Labute approximate surface area is 182 Å². The maximum Gasteiger partial charge on any atom is 0.115 e. The van der Waals surface area contributed by atoms with Crippen LogP contribution in [0.3, 0.4) is 0 Å². The average molecular weight is 417 g/mol. The zero-order valence-corrected chi connectivity index (χ0v) is 18.0. The van der Waals surface area contributed by atoms with E-state index in [-0.39, 0.29) is 6.04 Å². The Morgan fingerprint density at radius 3 is 2.70 bits per heavy atom. The molecule has 3 aliphatic heterocycles. The van der Waals surface area contributed by atoms with Gasteiger partial charge < -0.3 is 5.11 Å². The molecule has 0 spiro atoms. The second kappa shape index (κ2) is 8.18. The number of aliphatic hydroxyl groups is 1. The zero-order valence-electron chi connectivity index (χ0n) is 17.2. The van der Waals surface area contributed by atoms with Gasteiger partial charge in [-0.1, -0.05) is 42.5 Å². The highest BCUT2D eigenvalue weighted by atomic mass is 32.2. The summed E-state index contributed by atoms with van der Waals surface area (Å²) in [5, 5.41) is 13.5. The van der Waals surface area contributed by atoms with Crippen LogP contribution in [-0.2, 0) is 5.60 Å². The molecular formula is C26H28N2OS. The zero-order chi connectivity index (χ0) is 20.6. The second-order valence-corrected chi connectivity index (χ2v) is 9.65. The molecule has 154 valence electrons. The molecule has 0 amide bonds. The number of hydrogen-bond acceptors (Lipinski definition) is 4. The van der Waals surface area contributed by atoms with Gasteiger partial charge in [-0.15, -0.1) is 18.3 Å². The molecule has 3 aliphatic rings. The van der Waals surface area contributed by atoms with Crippen molar-refractivity contribution in [3.05, 3.63) is 85.1 Å². The van der Waals surface area contributed by atoms with Gasteiger partial charge in [0.2, 0.25) is 0 Å². The van der Waals surface area contributed by atoms with Gasteiger partial charge in [-0.3, -0.25) is 9.88 Å². The average Bonchev–Trinajstić information content (AvgIpc) is 2.83. The van der Waals surface area contributed by atoms with E-state index >= 15 is 0 Å². The van der Waals surface area contributed by atoms with Crippen molar-refractivity contribution in [1.82, 2.24) is 9.88 Å². The highest BCUT2D eigenvalue weighted by Crippen LogP contribution is 2.46. The summed E-state index contributed by atoms with van der Waals surface area (Å²) in [4.78, 5) is 8.24. The van der Waals surface area contributed by atoms with E-state index in [1.165, 1.54) is 11.3 Å². The van der Waals surface area contributed by atoms with E-state index in [0.717, 1.165) is 36.0 Å². The molecule has 4 heteroatoms. The van der Waals surface area contributed by atoms with Crippen molar-refractivity contribution in [2.45, 2.75) is 29.4 Å². The van der Waals surface area contributed by atoms with Crippen LogP contribution in [0.5, 0.6) is 0 Å². The van der Waals surface area contributed by atoms with Crippen molar-refractivity contribution in [3.63, 3.8) is 0 Å². The third-order valence-electron chi connectivity index (χ3n) is 6.98. The largest absolute Gasteiger partial charge is 0.383 e. The standard InChI is InChI=1S/C26H28N2OS/c1-2-19-17-28-15-13-20(19)16-25(28)26(29,18-30-21-8-4-3-5-9-21)23-12-14-27-24-11-7-6-10-22(23)24/h2-12,14,19-20,25,29H,1,13,15-18H2/t19-,20-,25+,26+/m0/s1. The monoisotopic (exact) mass is 416 g/mol. The molecule has 1 aromatic heterocycles. The minimum atomic E-state index is -0.951. The van der Waals surface area contributed by atoms with Gasteiger partial charge in [0, 0.05) is 34.8 Å². The quantitative estimate of drug-likeness (QED) is 0.447. The Balaban J connectivity index is 1.56. The Bertz CT molecular complexity index is 1030. The number of benzene rings is 2. The molecule has 2 bridgehead atoms. The lowest BCUT2D eigenvalue weighted by molar-refractivity contribution is -0.0959. The van der Waals surface area contributed by atoms with Crippen LogP contribution in [0.15, 0.2) is 84.4 Å². The molecule has 3 fully saturated rings. The lowest BCUT2D eigenvalue weighted by atomic mass is 9.70. The van der Waals surface area contributed by atoms with E-state index in [2.05, 4.69) is 52.9 Å². The maximum absolute atomic E-state index is 12.4. The summed E-state index contributed by atoms with van der Waals surface area (Å²) < 4.78 is 0. The second-order valence-electron chi connectivity index (χ2n) is 8.60. The first kappa shape index (κ1) is 19.8. The molecule has 3 aromatic rings. The summed E-state index contributed by atoms with van der Waals surface area (Å²) >= 11 is 1.74. The van der Waals surface area contributed by atoms with Gasteiger partial charge in [-0.25, -0.2) is 0 Å². The van der Waals surface area contributed by atoms with Crippen molar-refractivity contribution in [2.75, 3.05) is 18.8 Å². The Morgan fingerprint density at radius 1 is 1.13 bits per heavy atom. The number of hydrogen-bond donors (Lipinski definition) is 1. The van der Waals surface area contributed by atoms with Crippen LogP contribution in [0.4, 0.5) is 0 Å². The summed E-state index contributed by atoms with van der Waals surface area (Å²) in [5.41, 5.74) is 0.996. The van der Waals surface area contributed by atoms with E-state index in [0.29, 0.717) is 17.6 Å². The number of fused-ring (bicyclic) bond motifs is 4. The first-order chi connectivity index (χ1) is 14.7. The normalized spacial score (nSPS) is 27.6. The lowest BCUT2D eigenvalue weighted by Crippen LogP contribution is -2.61. The summed E-state index contributed by atoms with van der Waals surface area (Å²) in [7, 11) is 0. The molecule has 0 saturated carbocycles. The fourth-order valence-electron chi connectivity index (χ4n) is 5.37. The SMILES string of the molecule is C=C[C@H]1CN2CC[C@H]1C[C@@H]2[C@@](O)(CSc1ccccc1)c1ccnc2ccccc12. The molecule has 3 nitrogen and oxygen atoms in total. The Kier molecular flexibility index (Phi) is 5.40. The van der Waals surface area contributed by atoms with E-state index in [9.17, 15) is 5.11 Å². The van der Waals surface area contributed by atoms with Crippen LogP contribution >= 0.6 is 11.8 Å². The van der Waals surface area contributed by atoms with Crippen LogP contribution in [0.25, 0.3) is 10.9 Å². The van der Waals surface area contributed by atoms with Crippen LogP contribution in [0.1, 0.15) is 18.4 Å². The van der Waals surface area contributed by atoms with Gasteiger partial charge in [0.1, 0.15) is 5.60 Å². The smallest absolute Gasteiger partial charge is 0.115 e. The van der Waals surface area contributed by atoms with Crippen LogP contribution in [-0.4, -0.2) is 39.9 Å². The van der Waals surface area contributed by atoms with Crippen molar-refractivity contribution in [3.8, 4) is 0 Å².